The summed E-state index contributed by atoms with van der Waals surface area (Å²) in [6.45, 7) is 12.0. The minimum atomic E-state index is -0.00772. The number of carbonyl (C=O) groups excluding carboxylic acids is 1. The Hall–Kier alpha value is -0.770. The molecule has 0 aromatic rings. The third-order valence-corrected chi connectivity index (χ3v) is 3.54. The average Bonchev–Trinajstić information content (AvgIpc) is 2.30. The highest BCUT2D eigenvalue weighted by atomic mass is 16.2. The number of carbonyl (C=O) groups is 1. The second-order valence-corrected chi connectivity index (χ2v) is 5.90. The molecule has 2 amide bonds. The molecule has 4 heteroatoms. The minimum absolute atomic E-state index is 0.00772. The van der Waals surface area contributed by atoms with Gasteiger partial charge in [-0.15, -0.1) is 0 Å². The van der Waals surface area contributed by atoms with Crippen LogP contribution >= 0.6 is 0 Å². The Morgan fingerprint density at radius 3 is 2.39 bits per heavy atom. The molecule has 0 bridgehead atoms. The van der Waals surface area contributed by atoms with Crippen LogP contribution in [0.5, 0.6) is 0 Å². The van der Waals surface area contributed by atoms with Crippen LogP contribution in [0.2, 0.25) is 0 Å². The second kappa shape index (κ2) is 7.62. The smallest absolute Gasteiger partial charge is 0.315 e. The first-order valence-corrected chi connectivity index (χ1v) is 7.30. The molecule has 0 radical (unpaired) electrons. The minimum Gasteiger partial charge on any atom is -0.336 e. The van der Waals surface area contributed by atoms with Crippen molar-refractivity contribution in [3.63, 3.8) is 0 Å². The topological polar surface area (TPSA) is 44.4 Å². The van der Waals surface area contributed by atoms with E-state index in [1.54, 1.807) is 0 Å². The summed E-state index contributed by atoms with van der Waals surface area (Å²) in [5.41, 5.74) is 0. The molecule has 0 spiro atoms. The van der Waals surface area contributed by atoms with Crippen molar-refractivity contribution in [2.75, 3.05) is 19.6 Å². The number of amides is 2. The number of rotatable bonds is 5. The van der Waals surface area contributed by atoms with Gasteiger partial charge in [0.15, 0.2) is 0 Å². The maximum Gasteiger partial charge on any atom is 0.315 e. The van der Waals surface area contributed by atoms with E-state index in [9.17, 15) is 4.79 Å². The Labute approximate surface area is 111 Å². The zero-order chi connectivity index (χ0) is 13.5. The summed E-state index contributed by atoms with van der Waals surface area (Å²) in [6.07, 6.45) is 3.11. The summed E-state index contributed by atoms with van der Waals surface area (Å²) in [4.78, 5) is 14.2. The average molecular weight is 255 g/mol. The molecule has 1 atom stereocenters. The predicted molar refractivity (Wildman–Crippen MR) is 75.7 cm³/mol. The van der Waals surface area contributed by atoms with Crippen LogP contribution in [0, 0.1) is 5.92 Å². The van der Waals surface area contributed by atoms with Gasteiger partial charge in [-0.25, -0.2) is 4.79 Å². The first-order valence-electron chi connectivity index (χ1n) is 7.30. The summed E-state index contributed by atoms with van der Waals surface area (Å²) >= 11 is 0. The van der Waals surface area contributed by atoms with Crippen LogP contribution in [0.1, 0.15) is 47.0 Å². The van der Waals surface area contributed by atoms with Crippen LogP contribution in [-0.4, -0.2) is 42.6 Å². The zero-order valence-electron chi connectivity index (χ0n) is 12.3. The molecule has 2 N–H and O–H groups in total. The Balaban J connectivity index is 2.21. The van der Waals surface area contributed by atoms with Crippen molar-refractivity contribution in [1.29, 1.82) is 0 Å². The lowest BCUT2D eigenvalue weighted by Crippen LogP contribution is -2.49. The van der Waals surface area contributed by atoms with Crippen molar-refractivity contribution in [1.82, 2.24) is 15.5 Å². The third kappa shape index (κ3) is 5.71. The first-order chi connectivity index (χ1) is 8.51. The van der Waals surface area contributed by atoms with Gasteiger partial charge in [0.05, 0.1) is 0 Å². The van der Waals surface area contributed by atoms with Gasteiger partial charge in [0, 0.05) is 31.7 Å². The Bertz CT molecular complexity index is 247. The molecular weight excluding hydrogens is 226 g/mol. The molecule has 1 fully saturated rings. The van der Waals surface area contributed by atoms with E-state index in [-0.39, 0.29) is 12.1 Å². The standard InChI is InChI=1S/C14H29N3O/c1-5-12(4)15-14(18)16-13-6-8-17(9-7-13)10-11(2)3/h11-13H,5-10H2,1-4H3,(H2,15,16,18). The number of piperidine rings is 1. The monoisotopic (exact) mass is 255 g/mol. The summed E-state index contributed by atoms with van der Waals surface area (Å²) in [7, 11) is 0. The van der Waals surface area contributed by atoms with Crippen LogP contribution in [0.25, 0.3) is 0 Å². The molecule has 106 valence electrons. The van der Waals surface area contributed by atoms with E-state index in [0.29, 0.717) is 6.04 Å². The fourth-order valence-corrected chi connectivity index (χ4v) is 2.33. The number of nitrogens with zero attached hydrogens (tertiary/aromatic N) is 1. The van der Waals surface area contributed by atoms with Crippen LogP contribution < -0.4 is 10.6 Å². The highest BCUT2D eigenvalue weighted by Gasteiger charge is 2.21. The molecule has 1 aliphatic heterocycles. The molecule has 1 rings (SSSR count). The molecule has 1 aliphatic rings. The fourth-order valence-electron chi connectivity index (χ4n) is 2.33. The van der Waals surface area contributed by atoms with Crippen molar-refractivity contribution in [3.8, 4) is 0 Å². The number of nitrogens with one attached hydrogen (secondary N) is 2. The zero-order valence-corrected chi connectivity index (χ0v) is 12.3. The van der Waals surface area contributed by atoms with Gasteiger partial charge in [-0.3, -0.25) is 0 Å². The highest BCUT2D eigenvalue weighted by Crippen LogP contribution is 2.11. The van der Waals surface area contributed by atoms with Crippen molar-refractivity contribution in [2.24, 2.45) is 5.92 Å². The van der Waals surface area contributed by atoms with E-state index < -0.39 is 0 Å². The van der Waals surface area contributed by atoms with E-state index in [1.807, 2.05) is 6.92 Å². The maximum atomic E-state index is 11.7. The number of hydrogen-bond donors (Lipinski definition) is 2. The van der Waals surface area contributed by atoms with Crippen LogP contribution in [0.15, 0.2) is 0 Å². The van der Waals surface area contributed by atoms with Gasteiger partial charge < -0.3 is 15.5 Å². The van der Waals surface area contributed by atoms with E-state index in [1.165, 1.54) is 6.54 Å². The first kappa shape index (κ1) is 15.3. The summed E-state index contributed by atoms with van der Waals surface area (Å²) in [5.74, 6) is 0.725. The van der Waals surface area contributed by atoms with Crippen LogP contribution in [0.3, 0.4) is 0 Å². The van der Waals surface area contributed by atoms with E-state index in [0.717, 1.165) is 38.3 Å². The lowest BCUT2D eigenvalue weighted by molar-refractivity contribution is 0.177. The fraction of sp³-hybridized carbons (Fsp3) is 0.929. The molecular formula is C14H29N3O. The lowest BCUT2D eigenvalue weighted by atomic mass is 10.0. The number of urea groups is 1. The van der Waals surface area contributed by atoms with Gasteiger partial charge in [-0.1, -0.05) is 20.8 Å². The SMILES string of the molecule is CCC(C)NC(=O)NC1CCN(CC(C)C)CC1. The molecule has 1 unspecified atom stereocenters. The molecule has 18 heavy (non-hydrogen) atoms. The van der Waals surface area contributed by atoms with Gasteiger partial charge in [-0.2, -0.15) is 0 Å². The molecule has 4 nitrogen and oxygen atoms in total. The quantitative estimate of drug-likeness (QED) is 0.791. The van der Waals surface area contributed by atoms with Crippen molar-refractivity contribution in [2.45, 2.75) is 59.0 Å². The number of likely N-dealkylation sites (tertiary alicyclic amines) is 1. The molecule has 0 aromatic heterocycles. The Morgan fingerprint density at radius 2 is 1.89 bits per heavy atom. The summed E-state index contributed by atoms with van der Waals surface area (Å²) in [5, 5.41) is 6.04. The van der Waals surface area contributed by atoms with Crippen LogP contribution in [0.4, 0.5) is 4.79 Å². The molecule has 1 heterocycles. The Kier molecular flexibility index (Phi) is 6.47. The third-order valence-electron chi connectivity index (χ3n) is 3.54. The lowest BCUT2D eigenvalue weighted by Gasteiger charge is -2.33. The molecule has 1 saturated heterocycles. The van der Waals surface area contributed by atoms with Crippen molar-refractivity contribution < 1.29 is 4.79 Å². The molecule has 0 aromatic carbocycles. The van der Waals surface area contributed by atoms with E-state index in [4.69, 9.17) is 0 Å². The molecule has 0 saturated carbocycles. The van der Waals surface area contributed by atoms with Gasteiger partial charge in [0.1, 0.15) is 0 Å². The highest BCUT2D eigenvalue weighted by molar-refractivity contribution is 5.74. The van der Waals surface area contributed by atoms with Crippen LogP contribution in [-0.2, 0) is 0 Å². The predicted octanol–water partition coefficient (Wildman–Crippen LogP) is 2.20. The second-order valence-electron chi connectivity index (χ2n) is 5.90. The van der Waals surface area contributed by atoms with E-state index >= 15 is 0 Å². The van der Waals surface area contributed by atoms with Gasteiger partial charge >= 0.3 is 6.03 Å². The van der Waals surface area contributed by atoms with E-state index in [2.05, 4.69) is 36.3 Å². The maximum absolute atomic E-state index is 11.7. The van der Waals surface area contributed by atoms with Gasteiger partial charge in [-0.05, 0) is 32.1 Å². The Morgan fingerprint density at radius 1 is 1.28 bits per heavy atom. The normalized spacial score (nSPS) is 19.8. The summed E-state index contributed by atoms with van der Waals surface area (Å²) in [6, 6.07) is 0.593. The largest absolute Gasteiger partial charge is 0.336 e. The summed E-state index contributed by atoms with van der Waals surface area (Å²) < 4.78 is 0. The van der Waals surface area contributed by atoms with Crippen molar-refractivity contribution in [3.05, 3.63) is 0 Å². The number of hydrogen-bond acceptors (Lipinski definition) is 2. The molecule has 0 aliphatic carbocycles. The van der Waals surface area contributed by atoms with Crippen molar-refractivity contribution >= 4 is 6.03 Å². The van der Waals surface area contributed by atoms with Gasteiger partial charge in [0.2, 0.25) is 0 Å². The van der Waals surface area contributed by atoms with Gasteiger partial charge in [0.25, 0.3) is 0 Å².